The third-order valence-electron chi connectivity index (χ3n) is 4.42. The van der Waals surface area contributed by atoms with E-state index in [-0.39, 0.29) is 11.9 Å². The van der Waals surface area contributed by atoms with E-state index >= 15 is 0 Å². The molecule has 0 radical (unpaired) electrons. The van der Waals surface area contributed by atoms with E-state index in [9.17, 15) is 9.90 Å². The Labute approximate surface area is 152 Å². The molecule has 3 rings (SSSR count). The van der Waals surface area contributed by atoms with Crippen LogP contribution in [-0.4, -0.2) is 21.6 Å². The summed E-state index contributed by atoms with van der Waals surface area (Å²) in [4.78, 5) is 12.9. The molecule has 0 amide bonds. The quantitative estimate of drug-likeness (QED) is 0.613. The lowest BCUT2D eigenvalue weighted by Crippen LogP contribution is -2.05. The molecule has 1 N–H and O–H groups in total. The average molecular weight is 356 g/mol. The van der Waals surface area contributed by atoms with E-state index in [0.29, 0.717) is 11.4 Å². The summed E-state index contributed by atoms with van der Waals surface area (Å²) in [5, 5.41) is 11.0. The number of ketones is 1. The van der Waals surface area contributed by atoms with E-state index < -0.39 is 0 Å². The molecule has 0 aliphatic heterocycles. The number of aromatic nitrogens is 1. The van der Waals surface area contributed by atoms with Gasteiger partial charge >= 0.3 is 0 Å². The van der Waals surface area contributed by atoms with Gasteiger partial charge < -0.3 is 9.67 Å². The molecule has 2 aromatic carbocycles. The molecule has 3 aromatic rings. The first-order valence-electron chi connectivity index (χ1n) is 8.59. The number of fused-ring (bicyclic) bond motifs is 1. The molecular weight excluding hydrogens is 334 g/mol. The Morgan fingerprint density at radius 3 is 2.64 bits per heavy atom. The molecule has 3 nitrogen and oxygen atoms in total. The standard InChI is InChI=1S/C21H22ClNO2/c1-15(24)7-6-12-23-14-18(17-9-3-5-11-20(17)23)21(25)13-16-8-2-4-10-19(16)22/h2-5,8-11,14-15,24H,6-7,12-13H2,1H3. The van der Waals surface area contributed by atoms with Crippen LogP contribution in [0.5, 0.6) is 0 Å². The highest BCUT2D eigenvalue weighted by Crippen LogP contribution is 2.25. The topological polar surface area (TPSA) is 42.2 Å². The number of hydrogen-bond acceptors (Lipinski definition) is 2. The van der Waals surface area contributed by atoms with Crippen molar-refractivity contribution in [1.29, 1.82) is 0 Å². The molecule has 1 atom stereocenters. The fourth-order valence-electron chi connectivity index (χ4n) is 3.12. The van der Waals surface area contributed by atoms with Gasteiger partial charge in [0.05, 0.1) is 6.10 Å². The molecule has 1 heterocycles. The number of para-hydroxylation sites is 1. The Morgan fingerprint density at radius 2 is 1.88 bits per heavy atom. The van der Waals surface area contributed by atoms with Gasteiger partial charge in [-0.3, -0.25) is 4.79 Å². The molecule has 0 saturated carbocycles. The summed E-state index contributed by atoms with van der Waals surface area (Å²) in [6.07, 6.45) is 3.54. The third kappa shape index (κ3) is 4.12. The second-order valence-corrected chi connectivity index (χ2v) is 6.84. The van der Waals surface area contributed by atoms with Crippen LogP contribution in [0.2, 0.25) is 5.02 Å². The number of Topliss-reactive ketones (excluding diaryl/α,β-unsaturated/α-hetero) is 1. The van der Waals surface area contributed by atoms with Crippen molar-refractivity contribution in [2.45, 2.75) is 38.8 Å². The molecule has 4 heteroatoms. The molecule has 0 aliphatic carbocycles. The number of halogens is 1. The van der Waals surface area contributed by atoms with Gasteiger partial charge in [0.25, 0.3) is 0 Å². The maximum Gasteiger partial charge on any atom is 0.169 e. The van der Waals surface area contributed by atoms with Gasteiger partial charge in [-0.05, 0) is 37.5 Å². The van der Waals surface area contributed by atoms with E-state index in [1.807, 2.05) is 54.7 Å². The Hall–Kier alpha value is -2.10. The van der Waals surface area contributed by atoms with Crippen LogP contribution in [0.15, 0.2) is 54.7 Å². The van der Waals surface area contributed by atoms with Gasteiger partial charge in [0.1, 0.15) is 0 Å². The molecule has 1 unspecified atom stereocenters. The fourth-order valence-corrected chi connectivity index (χ4v) is 3.32. The monoisotopic (exact) mass is 355 g/mol. The SMILES string of the molecule is CC(O)CCCn1cc(C(=O)Cc2ccccc2Cl)c2ccccc21. The highest BCUT2D eigenvalue weighted by atomic mass is 35.5. The zero-order valence-corrected chi connectivity index (χ0v) is 15.0. The minimum atomic E-state index is -0.303. The predicted molar refractivity (Wildman–Crippen MR) is 102 cm³/mol. The maximum atomic E-state index is 12.9. The van der Waals surface area contributed by atoms with Gasteiger partial charge in [-0.2, -0.15) is 0 Å². The van der Waals surface area contributed by atoms with Crippen LogP contribution in [0.25, 0.3) is 10.9 Å². The van der Waals surface area contributed by atoms with Crippen molar-refractivity contribution in [2.24, 2.45) is 0 Å². The number of hydrogen-bond donors (Lipinski definition) is 1. The van der Waals surface area contributed by atoms with Gasteiger partial charge in [0, 0.05) is 40.7 Å². The summed E-state index contributed by atoms with van der Waals surface area (Å²) in [5.74, 6) is 0.0681. The molecular formula is C21H22ClNO2. The molecule has 0 bridgehead atoms. The number of rotatable bonds is 7. The first-order valence-corrected chi connectivity index (χ1v) is 8.96. The van der Waals surface area contributed by atoms with E-state index in [1.54, 1.807) is 6.92 Å². The fraction of sp³-hybridized carbons (Fsp3) is 0.286. The summed E-state index contributed by atoms with van der Waals surface area (Å²) in [7, 11) is 0. The van der Waals surface area contributed by atoms with E-state index in [4.69, 9.17) is 11.6 Å². The molecule has 0 saturated heterocycles. The average Bonchev–Trinajstić information content (AvgIpc) is 2.96. The van der Waals surface area contributed by atoms with Crippen molar-refractivity contribution in [3.05, 3.63) is 70.9 Å². The van der Waals surface area contributed by atoms with Crippen LogP contribution in [-0.2, 0) is 13.0 Å². The van der Waals surface area contributed by atoms with Gasteiger partial charge in [-0.15, -0.1) is 0 Å². The van der Waals surface area contributed by atoms with E-state index in [0.717, 1.165) is 41.4 Å². The summed E-state index contributed by atoms with van der Waals surface area (Å²) in [6.45, 7) is 2.58. The molecule has 1 aromatic heterocycles. The van der Waals surface area contributed by atoms with Crippen LogP contribution in [0, 0.1) is 0 Å². The Kier molecular flexibility index (Phi) is 5.57. The summed E-state index contributed by atoms with van der Waals surface area (Å²) in [5.41, 5.74) is 2.63. The highest BCUT2D eigenvalue weighted by molar-refractivity contribution is 6.31. The van der Waals surface area contributed by atoms with Gasteiger partial charge in [0.2, 0.25) is 0 Å². The largest absolute Gasteiger partial charge is 0.393 e. The molecule has 0 spiro atoms. The van der Waals surface area contributed by atoms with Crippen molar-refractivity contribution < 1.29 is 9.90 Å². The van der Waals surface area contributed by atoms with Crippen LogP contribution >= 0.6 is 11.6 Å². The summed E-state index contributed by atoms with van der Waals surface area (Å²) < 4.78 is 2.11. The third-order valence-corrected chi connectivity index (χ3v) is 4.79. The number of aliphatic hydroxyl groups is 1. The van der Waals surface area contributed by atoms with Crippen molar-refractivity contribution in [3.63, 3.8) is 0 Å². The highest BCUT2D eigenvalue weighted by Gasteiger charge is 2.16. The molecule has 25 heavy (non-hydrogen) atoms. The second-order valence-electron chi connectivity index (χ2n) is 6.44. The van der Waals surface area contributed by atoms with Crippen LogP contribution < -0.4 is 0 Å². The second kappa shape index (κ2) is 7.85. The van der Waals surface area contributed by atoms with Gasteiger partial charge in [-0.1, -0.05) is 48.0 Å². The number of aliphatic hydroxyl groups excluding tert-OH is 1. The van der Waals surface area contributed by atoms with Crippen molar-refractivity contribution >= 4 is 28.3 Å². The zero-order chi connectivity index (χ0) is 17.8. The number of benzene rings is 2. The summed E-state index contributed by atoms with van der Waals surface area (Å²) >= 11 is 6.20. The number of carbonyl (C=O) groups excluding carboxylic acids is 1. The van der Waals surface area contributed by atoms with Gasteiger partial charge in [0.15, 0.2) is 5.78 Å². The first-order chi connectivity index (χ1) is 12.1. The molecule has 0 fully saturated rings. The minimum absolute atomic E-state index is 0.0681. The smallest absolute Gasteiger partial charge is 0.169 e. The summed E-state index contributed by atoms with van der Waals surface area (Å²) in [6, 6.07) is 15.4. The van der Waals surface area contributed by atoms with Crippen LogP contribution in [0.4, 0.5) is 0 Å². The lowest BCUT2D eigenvalue weighted by molar-refractivity contribution is 0.0994. The van der Waals surface area contributed by atoms with Crippen molar-refractivity contribution in [3.8, 4) is 0 Å². The normalized spacial score (nSPS) is 12.4. The van der Waals surface area contributed by atoms with Crippen molar-refractivity contribution in [2.75, 3.05) is 0 Å². The van der Waals surface area contributed by atoms with Crippen LogP contribution in [0.3, 0.4) is 0 Å². The van der Waals surface area contributed by atoms with Gasteiger partial charge in [-0.25, -0.2) is 0 Å². The molecule has 0 aliphatic rings. The first kappa shape index (κ1) is 17.7. The minimum Gasteiger partial charge on any atom is -0.393 e. The number of aryl methyl sites for hydroxylation is 1. The Morgan fingerprint density at radius 1 is 1.16 bits per heavy atom. The Bertz CT molecular complexity index is 882. The zero-order valence-electron chi connectivity index (χ0n) is 14.3. The predicted octanol–water partition coefficient (Wildman–Crippen LogP) is 4.88. The number of nitrogens with zero attached hydrogens (tertiary/aromatic N) is 1. The lowest BCUT2D eigenvalue weighted by Gasteiger charge is -2.06. The van der Waals surface area contributed by atoms with E-state index in [1.165, 1.54) is 0 Å². The molecule has 130 valence electrons. The van der Waals surface area contributed by atoms with Crippen LogP contribution in [0.1, 0.15) is 35.7 Å². The van der Waals surface area contributed by atoms with E-state index in [2.05, 4.69) is 4.57 Å². The lowest BCUT2D eigenvalue weighted by atomic mass is 10.0. The number of carbonyl (C=O) groups is 1. The Balaban J connectivity index is 1.88. The maximum absolute atomic E-state index is 12.9. The van der Waals surface area contributed by atoms with Crippen molar-refractivity contribution in [1.82, 2.24) is 4.57 Å².